The van der Waals surface area contributed by atoms with Gasteiger partial charge in [0, 0.05) is 25.9 Å². The van der Waals surface area contributed by atoms with Crippen LogP contribution in [0.4, 0.5) is 0 Å². The molecule has 0 aromatic carbocycles. The van der Waals surface area contributed by atoms with Crippen molar-refractivity contribution in [1.82, 2.24) is 0 Å². The van der Waals surface area contributed by atoms with Crippen LogP contribution in [0.25, 0.3) is 0 Å². The predicted molar refractivity (Wildman–Crippen MR) is 68.5 cm³/mol. The number of ether oxygens (including phenoxy) is 4. The lowest BCUT2D eigenvalue weighted by molar-refractivity contribution is -0.136. The van der Waals surface area contributed by atoms with E-state index in [1.54, 1.807) is 13.2 Å². The molecule has 0 atom stereocenters. The minimum absolute atomic E-state index is 0.295. The first-order valence-electron chi connectivity index (χ1n) is 6.18. The van der Waals surface area contributed by atoms with Gasteiger partial charge in [-0.3, -0.25) is 0 Å². The molecule has 0 aliphatic carbocycles. The molecule has 0 radical (unpaired) electrons. The summed E-state index contributed by atoms with van der Waals surface area (Å²) in [6.45, 7) is 4.76. The minimum Gasteiger partial charge on any atom is -0.466 e. The molecule has 0 spiro atoms. The molecule has 5 heteroatoms. The molecular formula is C13H24O5. The number of rotatable bonds is 11. The van der Waals surface area contributed by atoms with Gasteiger partial charge in [-0.2, -0.15) is 0 Å². The summed E-state index contributed by atoms with van der Waals surface area (Å²) in [7, 11) is 3.04. The zero-order chi connectivity index (χ0) is 13.6. The van der Waals surface area contributed by atoms with Gasteiger partial charge in [0.1, 0.15) is 0 Å². The highest BCUT2D eigenvalue weighted by atomic mass is 16.5. The maximum atomic E-state index is 11.2. The van der Waals surface area contributed by atoms with Crippen molar-refractivity contribution in [1.29, 1.82) is 0 Å². The summed E-state index contributed by atoms with van der Waals surface area (Å²) in [5.41, 5.74) is 0.638. The standard InChI is InChI=1S/C13H24O5/c1-4-12(13(14)16-3)6-9-18-11-10-17-8-5-7-15-2/h6H,4-5,7-11H2,1-3H3. The van der Waals surface area contributed by atoms with E-state index in [2.05, 4.69) is 4.74 Å². The first kappa shape index (κ1) is 17.1. The molecule has 5 nitrogen and oxygen atoms in total. The second-order valence-electron chi connectivity index (χ2n) is 3.61. The summed E-state index contributed by atoms with van der Waals surface area (Å²) < 4.78 is 20.2. The molecule has 0 saturated carbocycles. The molecule has 0 aromatic heterocycles. The number of carbonyl (C=O) groups excluding carboxylic acids is 1. The van der Waals surface area contributed by atoms with Gasteiger partial charge in [0.15, 0.2) is 0 Å². The molecular weight excluding hydrogens is 236 g/mol. The molecule has 0 aromatic rings. The van der Waals surface area contributed by atoms with Gasteiger partial charge in [-0.05, 0) is 18.9 Å². The van der Waals surface area contributed by atoms with E-state index in [9.17, 15) is 4.79 Å². The Morgan fingerprint density at radius 3 is 2.39 bits per heavy atom. The smallest absolute Gasteiger partial charge is 0.333 e. The van der Waals surface area contributed by atoms with Gasteiger partial charge in [-0.1, -0.05) is 6.92 Å². The summed E-state index contributed by atoms with van der Waals surface area (Å²) >= 11 is 0. The first-order chi connectivity index (χ1) is 8.76. The summed E-state index contributed by atoms with van der Waals surface area (Å²) in [6, 6.07) is 0. The van der Waals surface area contributed by atoms with Crippen LogP contribution in [0.1, 0.15) is 19.8 Å². The zero-order valence-electron chi connectivity index (χ0n) is 11.6. The van der Waals surface area contributed by atoms with Gasteiger partial charge in [0.2, 0.25) is 0 Å². The number of hydrogen-bond donors (Lipinski definition) is 0. The van der Waals surface area contributed by atoms with E-state index in [1.807, 2.05) is 6.92 Å². The average molecular weight is 260 g/mol. The third-order valence-corrected chi connectivity index (χ3v) is 2.29. The molecule has 18 heavy (non-hydrogen) atoms. The van der Waals surface area contributed by atoms with E-state index in [1.165, 1.54) is 7.11 Å². The van der Waals surface area contributed by atoms with Crippen LogP contribution < -0.4 is 0 Å². The van der Waals surface area contributed by atoms with E-state index in [4.69, 9.17) is 14.2 Å². The van der Waals surface area contributed by atoms with E-state index >= 15 is 0 Å². The summed E-state index contributed by atoms with van der Waals surface area (Å²) in [5, 5.41) is 0. The Labute approximate surface area is 109 Å². The molecule has 0 aliphatic rings. The van der Waals surface area contributed by atoms with Crippen molar-refractivity contribution < 1.29 is 23.7 Å². The lowest BCUT2D eigenvalue weighted by Crippen LogP contribution is -2.08. The number of esters is 1. The summed E-state index contributed by atoms with van der Waals surface area (Å²) in [5.74, 6) is -0.295. The Bertz CT molecular complexity index is 238. The van der Waals surface area contributed by atoms with Crippen molar-refractivity contribution >= 4 is 5.97 Å². The fourth-order valence-corrected chi connectivity index (χ4v) is 1.27. The Hall–Kier alpha value is -0.910. The highest BCUT2D eigenvalue weighted by Gasteiger charge is 2.05. The third-order valence-electron chi connectivity index (χ3n) is 2.29. The van der Waals surface area contributed by atoms with Gasteiger partial charge in [0.05, 0.1) is 26.9 Å². The molecule has 0 N–H and O–H groups in total. The van der Waals surface area contributed by atoms with Crippen LogP contribution in [-0.4, -0.2) is 53.2 Å². The molecule has 0 unspecified atom stereocenters. The van der Waals surface area contributed by atoms with Gasteiger partial charge in [-0.15, -0.1) is 0 Å². The van der Waals surface area contributed by atoms with Crippen molar-refractivity contribution in [2.75, 3.05) is 47.3 Å². The summed E-state index contributed by atoms with van der Waals surface area (Å²) in [4.78, 5) is 11.2. The SMILES string of the molecule is CCC(=CCOCCOCCCOC)C(=O)OC. The van der Waals surface area contributed by atoms with E-state index in [-0.39, 0.29) is 5.97 Å². The van der Waals surface area contributed by atoms with Crippen molar-refractivity contribution in [3.8, 4) is 0 Å². The second kappa shape index (κ2) is 12.5. The lowest BCUT2D eigenvalue weighted by atomic mass is 10.2. The van der Waals surface area contributed by atoms with Crippen LogP contribution in [0.15, 0.2) is 11.6 Å². The zero-order valence-corrected chi connectivity index (χ0v) is 11.6. The van der Waals surface area contributed by atoms with Crippen molar-refractivity contribution in [2.45, 2.75) is 19.8 Å². The van der Waals surface area contributed by atoms with Gasteiger partial charge in [0.25, 0.3) is 0 Å². The Balaban J connectivity index is 3.48. The van der Waals surface area contributed by atoms with E-state index in [0.717, 1.165) is 6.42 Å². The fraction of sp³-hybridized carbons (Fsp3) is 0.769. The largest absolute Gasteiger partial charge is 0.466 e. The monoisotopic (exact) mass is 260 g/mol. The van der Waals surface area contributed by atoms with Crippen LogP contribution in [0.5, 0.6) is 0 Å². The Morgan fingerprint density at radius 1 is 1.06 bits per heavy atom. The van der Waals surface area contributed by atoms with Gasteiger partial charge in [-0.25, -0.2) is 4.79 Å². The molecule has 0 aliphatic heterocycles. The molecule has 0 saturated heterocycles. The third kappa shape index (κ3) is 9.15. The van der Waals surface area contributed by atoms with Crippen LogP contribution in [0.2, 0.25) is 0 Å². The normalized spacial score (nSPS) is 11.6. The minimum atomic E-state index is -0.295. The highest BCUT2D eigenvalue weighted by molar-refractivity contribution is 5.88. The first-order valence-corrected chi connectivity index (χ1v) is 6.18. The summed E-state index contributed by atoms with van der Waals surface area (Å²) in [6.07, 6.45) is 3.28. The highest BCUT2D eigenvalue weighted by Crippen LogP contribution is 2.02. The predicted octanol–water partition coefficient (Wildman–Crippen LogP) is 1.57. The molecule has 0 heterocycles. The number of carbonyl (C=O) groups is 1. The van der Waals surface area contributed by atoms with E-state index in [0.29, 0.717) is 45.0 Å². The van der Waals surface area contributed by atoms with Crippen LogP contribution in [0, 0.1) is 0 Å². The fourth-order valence-electron chi connectivity index (χ4n) is 1.27. The van der Waals surface area contributed by atoms with E-state index < -0.39 is 0 Å². The molecule has 106 valence electrons. The van der Waals surface area contributed by atoms with Crippen LogP contribution in [-0.2, 0) is 23.7 Å². The van der Waals surface area contributed by atoms with Crippen LogP contribution >= 0.6 is 0 Å². The number of hydrogen-bond acceptors (Lipinski definition) is 5. The molecule has 0 bridgehead atoms. The van der Waals surface area contributed by atoms with Crippen molar-refractivity contribution in [3.05, 3.63) is 11.6 Å². The van der Waals surface area contributed by atoms with Gasteiger partial charge < -0.3 is 18.9 Å². The molecule has 0 amide bonds. The lowest BCUT2D eigenvalue weighted by Gasteiger charge is -2.05. The second-order valence-corrected chi connectivity index (χ2v) is 3.61. The topological polar surface area (TPSA) is 54.0 Å². The molecule has 0 fully saturated rings. The maximum absolute atomic E-state index is 11.2. The van der Waals surface area contributed by atoms with Crippen molar-refractivity contribution in [3.63, 3.8) is 0 Å². The maximum Gasteiger partial charge on any atom is 0.333 e. The quantitative estimate of drug-likeness (QED) is 0.320. The number of methoxy groups -OCH3 is 2. The van der Waals surface area contributed by atoms with Crippen LogP contribution in [0.3, 0.4) is 0 Å². The van der Waals surface area contributed by atoms with Gasteiger partial charge >= 0.3 is 5.97 Å². The Kier molecular flexibility index (Phi) is 11.9. The Morgan fingerprint density at radius 2 is 1.78 bits per heavy atom. The van der Waals surface area contributed by atoms with Crippen molar-refractivity contribution in [2.24, 2.45) is 0 Å². The average Bonchev–Trinajstić information content (AvgIpc) is 2.40. The molecule has 0 rings (SSSR count).